The highest BCUT2D eigenvalue weighted by atomic mass is 16.6. The largest absolute Gasteiger partial charge is 0.382 e. The molecule has 114 valence electrons. The molecular weight excluding hydrogens is 252 g/mol. The molecule has 0 spiro atoms. The number of nitrogens with two attached hydrogens (primary N) is 2. The predicted octanol–water partition coefficient (Wildman–Crippen LogP) is -0.725. The number of carbonyl (C=O) groups is 1. The summed E-state index contributed by atoms with van der Waals surface area (Å²) >= 11 is 0. The van der Waals surface area contributed by atoms with Crippen molar-refractivity contribution in [2.75, 3.05) is 53.4 Å². The average Bonchev–Trinajstić information content (AvgIpc) is 2.35. The van der Waals surface area contributed by atoms with Gasteiger partial charge in [-0.2, -0.15) is 0 Å². The van der Waals surface area contributed by atoms with E-state index >= 15 is 0 Å². The molecule has 7 nitrogen and oxygen atoms in total. The molecule has 7 heteroatoms. The molecule has 1 atom stereocenters. The molecule has 0 saturated heterocycles. The van der Waals surface area contributed by atoms with Gasteiger partial charge in [-0.3, -0.25) is 4.79 Å². The van der Waals surface area contributed by atoms with E-state index in [9.17, 15) is 4.79 Å². The van der Waals surface area contributed by atoms with Gasteiger partial charge >= 0.3 is 0 Å². The zero-order valence-corrected chi connectivity index (χ0v) is 11.9. The van der Waals surface area contributed by atoms with Crippen molar-refractivity contribution in [3.8, 4) is 0 Å². The fraction of sp³-hybridized carbons (Fsp3) is 0.917. The van der Waals surface area contributed by atoms with Gasteiger partial charge in [-0.15, -0.1) is 0 Å². The molecule has 0 heterocycles. The third-order valence-electron chi connectivity index (χ3n) is 2.50. The number of methoxy groups -OCH3 is 1. The van der Waals surface area contributed by atoms with Gasteiger partial charge < -0.3 is 30.4 Å². The zero-order valence-electron chi connectivity index (χ0n) is 11.9. The molecule has 0 aromatic carbocycles. The summed E-state index contributed by atoms with van der Waals surface area (Å²) in [7, 11) is 1.63. The lowest BCUT2D eigenvalue weighted by Crippen LogP contribution is -2.50. The van der Waals surface area contributed by atoms with Gasteiger partial charge in [0, 0.05) is 13.7 Å². The molecule has 0 aliphatic carbocycles. The molecule has 1 unspecified atom stereocenters. The van der Waals surface area contributed by atoms with Crippen LogP contribution in [-0.2, 0) is 23.7 Å². The third-order valence-corrected chi connectivity index (χ3v) is 2.50. The minimum Gasteiger partial charge on any atom is -0.382 e. The van der Waals surface area contributed by atoms with E-state index in [0.29, 0.717) is 52.7 Å². The molecule has 19 heavy (non-hydrogen) atoms. The van der Waals surface area contributed by atoms with Gasteiger partial charge in [0.15, 0.2) is 0 Å². The van der Waals surface area contributed by atoms with Gasteiger partial charge in [-0.1, -0.05) is 0 Å². The predicted molar refractivity (Wildman–Crippen MR) is 70.7 cm³/mol. The second kappa shape index (κ2) is 11.1. The minimum absolute atomic E-state index is 0.379. The highest BCUT2D eigenvalue weighted by molar-refractivity contribution is 5.83. The van der Waals surface area contributed by atoms with E-state index in [4.69, 9.17) is 30.4 Å². The normalized spacial score (nSPS) is 14.3. The first-order valence-corrected chi connectivity index (χ1v) is 6.31. The number of carbonyl (C=O) groups excluding carboxylic acids is 1. The summed E-state index contributed by atoms with van der Waals surface area (Å²) < 4.78 is 20.6. The van der Waals surface area contributed by atoms with Crippen molar-refractivity contribution >= 4 is 5.91 Å². The molecular formula is C12H26N2O5. The fourth-order valence-electron chi connectivity index (χ4n) is 1.09. The summed E-state index contributed by atoms with van der Waals surface area (Å²) in [6, 6.07) is 0. The van der Waals surface area contributed by atoms with Crippen LogP contribution in [0, 0.1) is 0 Å². The van der Waals surface area contributed by atoms with Crippen LogP contribution in [0.15, 0.2) is 0 Å². The summed E-state index contributed by atoms with van der Waals surface area (Å²) in [4.78, 5) is 10.9. The van der Waals surface area contributed by atoms with Crippen LogP contribution in [0.2, 0.25) is 0 Å². The second-order valence-corrected chi connectivity index (χ2v) is 4.36. The summed E-state index contributed by atoms with van der Waals surface area (Å²) in [5.74, 6) is -0.527. The van der Waals surface area contributed by atoms with E-state index in [2.05, 4.69) is 0 Å². The summed E-state index contributed by atoms with van der Waals surface area (Å²) in [5.41, 5.74) is 9.78. The van der Waals surface area contributed by atoms with Crippen molar-refractivity contribution in [3.05, 3.63) is 0 Å². The SMILES string of the molecule is COCCOCCOCCOCCC(C)(N)C(N)=O. The number of hydrogen-bond donors (Lipinski definition) is 2. The first kappa shape index (κ1) is 18.3. The van der Waals surface area contributed by atoms with Gasteiger partial charge in [0.25, 0.3) is 0 Å². The average molecular weight is 278 g/mol. The fourth-order valence-corrected chi connectivity index (χ4v) is 1.09. The van der Waals surface area contributed by atoms with E-state index in [1.165, 1.54) is 0 Å². The van der Waals surface area contributed by atoms with Crippen LogP contribution in [0.3, 0.4) is 0 Å². The second-order valence-electron chi connectivity index (χ2n) is 4.36. The van der Waals surface area contributed by atoms with Gasteiger partial charge in [0.05, 0.1) is 45.2 Å². The van der Waals surface area contributed by atoms with Crippen LogP contribution in [0.25, 0.3) is 0 Å². The van der Waals surface area contributed by atoms with Gasteiger partial charge in [0.2, 0.25) is 5.91 Å². The van der Waals surface area contributed by atoms with E-state index in [0.717, 1.165) is 0 Å². The monoisotopic (exact) mass is 278 g/mol. The Morgan fingerprint density at radius 1 is 0.947 bits per heavy atom. The number of amides is 1. The lowest BCUT2D eigenvalue weighted by atomic mass is 9.99. The topological polar surface area (TPSA) is 106 Å². The van der Waals surface area contributed by atoms with Crippen molar-refractivity contribution < 1.29 is 23.7 Å². The summed E-state index contributed by atoms with van der Waals surface area (Å²) in [5, 5.41) is 0. The van der Waals surface area contributed by atoms with Gasteiger partial charge in [-0.05, 0) is 13.3 Å². The molecule has 0 bridgehead atoms. The molecule has 0 saturated carbocycles. The molecule has 0 radical (unpaired) electrons. The first-order valence-electron chi connectivity index (χ1n) is 6.31. The Morgan fingerprint density at radius 3 is 1.79 bits per heavy atom. The van der Waals surface area contributed by atoms with Crippen molar-refractivity contribution in [2.45, 2.75) is 18.9 Å². The number of hydrogen-bond acceptors (Lipinski definition) is 6. The van der Waals surface area contributed by atoms with E-state index in [1.54, 1.807) is 14.0 Å². The Morgan fingerprint density at radius 2 is 1.37 bits per heavy atom. The Hall–Kier alpha value is -0.730. The van der Waals surface area contributed by atoms with Crippen LogP contribution in [0.5, 0.6) is 0 Å². The Labute approximate surface area is 114 Å². The van der Waals surface area contributed by atoms with Crippen molar-refractivity contribution in [3.63, 3.8) is 0 Å². The zero-order chi connectivity index (χ0) is 14.6. The van der Waals surface area contributed by atoms with Crippen LogP contribution in [0.4, 0.5) is 0 Å². The molecule has 0 aromatic heterocycles. The Bertz CT molecular complexity index is 236. The molecule has 0 fully saturated rings. The number of primary amides is 1. The van der Waals surface area contributed by atoms with Crippen molar-refractivity contribution in [1.29, 1.82) is 0 Å². The minimum atomic E-state index is -1.02. The maximum atomic E-state index is 10.9. The molecule has 1 amide bonds. The van der Waals surface area contributed by atoms with Crippen molar-refractivity contribution in [2.24, 2.45) is 11.5 Å². The molecule has 0 aromatic rings. The Balaban J connectivity index is 3.21. The smallest absolute Gasteiger partial charge is 0.237 e. The molecule has 0 rings (SSSR count). The van der Waals surface area contributed by atoms with E-state index in [1.807, 2.05) is 0 Å². The quantitative estimate of drug-likeness (QED) is 0.430. The lowest BCUT2D eigenvalue weighted by molar-refractivity contribution is -0.123. The standard InChI is InChI=1S/C12H26N2O5/c1-12(14,11(13)15)3-4-17-7-8-19-10-9-18-6-5-16-2/h3-10,14H2,1-2H3,(H2,13,15). The summed E-state index contributed by atoms with van der Waals surface area (Å²) in [6.07, 6.45) is 0.391. The van der Waals surface area contributed by atoms with Crippen molar-refractivity contribution in [1.82, 2.24) is 0 Å². The summed E-state index contributed by atoms with van der Waals surface area (Å²) in [6.45, 7) is 5.10. The van der Waals surface area contributed by atoms with Crippen LogP contribution < -0.4 is 11.5 Å². The van der Waals surface area contributed by atoms with E-state index in [-0.39, 0.29) is 0 Å². The highest BCUT2D eigenvalue weighted by Gasteiger charge is 2.24. The van der Waals surface area contributed by atoms with Gasteiger partial charge in [-0.25, -0.2) is 0 Å². The van der Waals surface area contributed by atoms with Crippen LogP contribution in [-0.4, -0.2) is 64.8 Å². The maximum Gasteiger partial charge on any atom is 0.237 e. The highest BCUT2D eigenvalue weighted by Crippen LogP contribution is 2.04. The molecule has 0 aliphatic rings. The third kappa shape index (κ3) is 10.8. The molecule has 0 aliphatic heterocycles. The number of rotatable bonds is 13. The van der Waals surface area contributed by atoms with Crippen LogP contribution in [0.1, 0.15) is 13.3 Å². The Kier molecular flexibility index (Phi) is 10.7. The number of ether oxygens (including phenoxy) is 4. The maximum absolute atomic E-state index is 10.9. The lowest BCUT2D eigenvalue weighted by Gasteiger charge is -2.19. The molecule has 4 N–H and O–H groups in total. The van der Waals surface area contributed by atoms with Crippen LogP contribution >= 0.6 is 0 Å². The van der Waals surface area contributed by atoms with E-state index < -0.39 is 11.4 Å². The van der Waals surface area contributed by atoms with Gasteiger partial charge in [0.1, 0.15) is 0 Å². The first-order chi connectivity index (χ1) is 9.00.